The Labute approximate surface area is 510 Å². The van der Waals surface area contributed by atoms with Crippen molar-refractivity contribution in [3.8, 4) is 50.2 Å². The maximum Gasteiger partial charge on any atom is 0.252 e. The van der Waals surface area contributed by atoms with E-state index in [0.717, 1.165) is 44.2 Å². The molecule has 0 radical (unpaired) electrons. The van der Waals surface area contributed by atoms with Gasteiger partial charge in [0.25, 0.3) is 6.71 Å². The van der Waals surface area contributed by atoms with Crippen LogP contribution in [-0.2, 0) is 23.7 Å². The van der Waals surface area contributed by atoms with Crippen molar-refractivity contribution < 1.29 is 0 Å². The van der Waals surface area contributed by atoms with E-state index in [2.05, 4.69) is 312 Å². The van der Waals surface area contributed by atoms with Crippen LogP contribution in [0.2, 0.25) is 0 Å². The Morgan fingerprint density at radius 2 is 0.779 bits per heavy atom. The number of fused-ring (bicyclic) bond motifs is 7. The third-order valence-electron chi connectivity index (χ3n) is 18.4. The second-order valence-corrected chi connectivity index (χ2v) is 26.2. The van der Waals surface area contributed by atoms with Crippen molar-refractivity contribution in [1.82, 2.24) is 4.57 Å². The summed E-state index contributed by atoms with van der Waals surface area (Å²) in [6.45, 7) is 18.5. The van der Waals surface area contributed by atoms with E-state index in [1.54, 1.807) is 0 Å². The minimum atomic E-state index is -0.0942. The number of unbranched alkanes of at least 4 members (excludes halogenated alkanes) is 2. The van der Waals surface area contributed by atoms with Gasteiger partial charge in [0.1, 0.15) is 0 Å². The van der Waals surface area contributed by atoms with Crippen molar-refractivity contribution in [2.75, 3.05) is 9.80 Å². The highest BCUT2D eigenvalue weighted by Gasteiger charge is 2.45. The van der Waals surface area contributed by atoms with E-state index in [4.69, 9.17) is 0 Å². The average Bonchev–Trinajstić information content (AvgIpc) is 0.746. The number of anilines is 6. The highest BCUT2D eigenvalue weighted by molar-refractivity contribution is 7.00. The second kappa shape index (κ2) is 22.1. The molecule has 0 N–H and O–H groups in total. The lowest BCUT2D eigenvalue weighted by molar-refractivity contribution is 0.590. The van der Waals surface area contributed by atoms with E-state index in [1.807, 2.05) is 0 Å². The maximum absolute atomic E-state index is 2.73. The van der Waals surface area contributed by atoms with Crippen LogP contribution in [0.4, 0.5) is 34.1 Å². The normalized spacial score (nSPS) is 12.9. The Bertz CT molecular complexity index is 4320. The summed E-state index contributed by atoms with van der Waals surface area (Å²) in [5.41, 5.74) is 29.7. The first-order valence-corrected chi connectivity index (χ1v) is 31.5. The van der Waals surface area contributed by atoms with E-state index >= 15 is 0 Å². The molecular formula is C82H76BN3. The highest BCUT2D eigenvalue weighted by Crippen LogP contribution is 2.53. The standard InChI is InChI=1S/C82H76BN3/c1-9-11-27-55-41-46-74-71(49-55)83-70-45-44-63(84-72-47-42-61(81(3,4)5)52-68(72)69-53-62(82(6,7)8)43-48-73(69)84)54-75(70)86(80-66(59-33-21-15-22-34-59)39-26-40-67(80)60-35-23-16-24-36-60)77-51-56(28-12-10-2)50-76(78(77)83)85(74)79-64(57-29-17-13-18-30-57)37-25-38-65(79)58-31-19-14-20-32-58/h13-26,29-54H,9-12,27-28H2,1-8H3. The Kier molecular flexibility index (Phi) is 14.1. The predicted molar refractivity (Wildman–Crippen MR) is 371 cm³/mol. The summed E-state index contributed by atoms with van der Waals surface area (Å²) in [7, 11) is 0. The topological polar surface area (TPSA) is 11.4 Å². The zero-order valence-electron chi connectivity index (χ0n) is 51.3. The van der Waals surface area contributed by atoms with Gasteiger partial charge in [-0.25, -0.2) is 0 Å². The zero-order chi connectivity index (χ0) is 58.8. The quantitative estimate of drug-likeness (QED) is 0.107. The molecule has 11 aromatic carbocycles. The van der Waals surface area contributed by atoms with Crippen molar-refractivity contribution >= 4 is 79.0 Å². The molecule has 2 aliphatic rings. The van der Waals surface area contributed by atoms with Crippen molar-refractivity contribution in [2.45, 2.75) is 105 Å². The molecular weight excluding hydrogens is 1040 g/mol. The molecule has 3 heterocycles. The second-order valence-electron chi connectivity index (χ2n) is 26.2. The largest absolute Gasteiger partial charge is 0.310 e. The number of benzene rings is 11. The van der Waals surface area contributed by atoms with E-state index in [0.29, 0.717) is 0 Å². The SMILES string of the molecule is CCCCc1ccc2c(c1)B1c3ccc(-n4c5ccc(C(C)(C)C)cc5c5cc(C(C)(C)C)ccc54)cc3N(c3c(-c4ccccc4)cccc3-c3ccccc3)c3cc(CCCC)cc(c31)N2c1c(-c2ccccc2)cccc1-c1ccccc1. The maximum atomic E-state index is 2.73. The number of aromatic nitrogens is 1. The molecule has 14 rings (SSSR count). The van der Waals surface area contributed by atoms with Crippen LogP contribution in [0.15, 0.2) is 243 Å². The fourth-order valence-corrected chi connectivity index (χ4v) is 14.0. The Balaban J connectivity index is 1.14. The minimum absolute atomic E-state index is 0.0174. The Morgan fingerprint density at radius 1 is 0.349 bits per heavy atom. The summed E-state index contributed by atoms with van der Waals surface area (Å²) in [6, 6.07) is 93.0. The third-order valence-corrected chi connectivity index (χ3v) is 18.4. The smallest absolute Gasteiger partial charge is 0.252 e. The van der Waals surface area contributed by atoms with Crippen LogP contribution in [-0.4, -0.2) is 11.3 Å². The molecule has 2 aliphatic heterocycles. The molecule has 12 aromatic rings. The van der Waals surface area contributed by atoms with Gasteiger partial charge in [-0.3, -0.25) is 0 Å². The van der Waals surface area contributed by atoms with Gasteiger partial charge in [0.2, 0.25) is 0 Å². The van der Waals surface area contributed by atoms with Gasteiger partial charge in [0.05, 0.1) is 22.4 Å². The fourth-order valence-electron chi connectivity index (χ4n) is 14.0. The molecule has 0 atom stereocenters. The number of hydrogen-bond acceptors (Lipinski definition) is 2. The predicted octanol–water partition coefficient (Wildman–Crippen LogP) is 20.8. The first-order valence-electron chi connectivity index (χ1n) is 31.5. The monoisotopic (exact) mass is 1110 g/mol. The number of rotatable bonds is 13. The molecule has 0 spiro atoms. The molecule has 4 heteroatoms. The molecule has 3 nitrogen and oxygen atoms in total. The van der Waals surface area contributed by atoms with Crippen molar-refractivity contribution in [2.24, 2.45) is 0 Å². The molecule has 0 bridgehead atoms. The first-order chi connectivity index (χ1) is 41.9. The van der Waals surface area contributed by atoms with Crippen LogP contribution in [0.3, 0.4) is 0 Å². The van der Waals surface area contributed by atoms with E-state index in [-0.39, 0.29) is 17.5 Å². The van der Waals surface area contributed by atoms with Gasteiger partial charge in [0.15, 0.2) is 0 Å². The van der Waals surface area contributed by atoms with E-state index < -0.39 is 0 Å². The van der Waals surface area contributed by atoms with Gasteiger partial charge in [-0.05, 0) is 152 Å². The van der Waals surface area contributed by atoms with Crippen LogP contribution in [0.1, 0.15) is 103 Å². The fraction of sp³-hybridized carbons (Fsp3) is 0.195. The summed E-state index contributed by atoms with van der Waals surface area (Å²) in [5, 5.41) is 2.58. The summed E-state index contributed by atoms with van der Waals surface area (Å²) in [6.07, 6.45) is 6.40. The number of hydrogen-bond donors (Lipinski definition) is 0. The summed E-state index contributed by atoms with van der Waals surface area (Å²) in [4.78, 5) is 5.42. The first kappa shape index (κ1) is 54.8. The molecule has 0 saturated heterocycles. The van der Waals surface area contributed by atoms with Crippen LogP contribution >= 0.6 is 0 Å². The van der Waals surface area contributed by atoms with Crippen LogP contribution < -0.4 is 26.2 Å². The molecule has 422 valence electrons. The van der Waals surface area contributed by atoms with Gasteiger partial charge in [0, 0.05) is 61.5 Å². The van der Waals surface area contributed by atoms with E-state index in [1.165, 1.54) is 139 Å². The van der Waals surface area contributed by atoms with Gasteiger partial charge in [-0.2, -0.15) is 0 Å². The van der Waals surface area contributed by atoms with Crippen molar-refractivity contribution in [3.63, 3.8) is 0 Å². The molecule has 0 aliphatic carbocycles. The number of nitrogens with zero attached hydrogens (tertiary/aromatic N) is 3. The van der Waals surface area contributed by atoms with E-state index in [9.17, 15) is 0 Å². The summed E-state index contributed by atoms with van der Waals surface area (Å²) in [5.74, 6) is 0. The highest BCUT2D eigenvalue weighted by atomic mass is 15.2. The van der Waals surface area contributed by atoms with Gasteiger partial charge in [-0.15, -0.1) is 0 Å². The molecule has 1 aromatic heterocycles. The van der Waals surface area contributed by atoms with Crippen LogP contribution in [0.5, 0.6) is 0 Å². The molecule has 0 unspecified atom stereocenters. The lowest BCUT2D eigenvalue weighted by Crippen LogP contribution is -2.61. The van der Waals surface area contributed by atoms with Gasteiger partial charge >= 0.3 is 0 Å². The van der Waals surface area contributed by atoms with Gasteiger partial charge < -0.3 is 14.4 Å². The molecule has 0 amide bonds. The minimum Gasteiger partial charge on any atom is -0.310 e. The molecule has 0 fully saturated rings. The average molecular weight is 1110 g/mol. The zero-order valence-corrected chi connectivity index (χ0v) is 51.3. The lowest BCUT2D eigenvalue weighted by atomic mass is 9.33. The van der Waals surface area contributed by atoms with Crippen molar-refractivity contribution in [3.05, 3.63) is 265 Å². The lowest BCUT2D eigenvalue weighted by Gasteiger charge is -2.46. The number of aryl methyl sites for hydroxylation is 2. The van der Waals surface area contributed by atoms with Crippen molar-refractivity contribution in [1.29, 1.82) is 0 Å². The van der Waals surface area contributed by atoms with Crippen LogP contribution in [0.25, 0.3) is 72.0 Å². The third kappa shape index (κ3) is 9.55. The Morgan fingerprint density at radius 3 is 1.21 bits per heavy atom. The summed E-state index contributed by atoms with van der Waals surface area (Å²) < 4.78 is 2.56. The number of para-hydroxylation sites is 2. The van der Waals surface area contributed by atoms with Gasteiger partial charge in [-0.1, -0.05) is 256 Å². The van der Waals surface area contributed by atoms with Crippen LogP contribution in [0, 0.1) is 0 Å². The molecule has 86 heavy (non-hydrogen) atoms. The molecule has 0 saturated carbocycles. The Hall–Kier alpha value is -9.12. The summed E-state index contributed by atoms with van der Waals surface area (Å²) >= 11 is 0.